The Hall–Kier alpha value is -3.99. The van der Waals surface area contributed by atoms with Gasteiger partial charge >= 0.3 is 5.97 Å². The second-order valence-corrected chi connectivity index (χ2v) is 7.10. The zero-order valence-electron chi connectivity index (χ0n) is 17.3. The van der Waals surface area contributed by atoms with Crippen molar-refractivity contribution in [3.63, 3.8) is 0 Å². The molecule has 0 bridgehead atoms. The van der Waals surface area contributed by atoms with Crippen molar-refractivity contribution >= 4 is 22.7 Å². The predicted octanol–water partition coefficient (Wildman–Crippen LogP) is 5.15. The summed E-state index contributed by atoms with van der Waals surface area (Å²) >= 11 is 0. The summed E-state index contributed by atoms with van der Waals surface area (Å²) in [5.74, 6) is 1.15. The number of ether oxygens (including phenoxy) is 3. The normalized spacial score (nSPS) is 12.6. The van der Waals surface area contributed by atoms with Gasteiger partial charge in [0.1, 0.15) is 23.9 Å². The molecule has 0 aromatic heterocycles. The highest BCUT2D eigenvalue weighted by molar-refractivity contribution is 6.15. The molecule has 1 aliphatic heterocycles. The minimum absolute atomic E-state index is 0.0514. The number of carboxylic acids is 1. The number of benzene rings is 3. The van der Waals surface area contributed by atoms with Gasteiger partial charge < -0.3 is 19.3 Å². The van der Waals surface area contributed by atoms with Crippen molar-refractivity contribution in [1.82, 2.24) is 0 Å². The van der Waals surface area contributed by atoms with Crippen LogP contribution >= 0.6 is 0 Å². The maximum Gasteiger partial charge on any atom is 0.335 e. The van der Waals surface area contributed by atoms with Crippen LogP contribution in [0.15, 0.2) is 73.3 Å². The molecule has 1 heterocycles. The molecule has 5 nitrogen and oxygen atoms in total. The lowest BCUT2D eigenvalue weighted by atomic mass is 9.86. The van der Waals surface area contributed by atoms with Crippen LogP contribution in [0, 0.1) is 0 Å². The van der Waals surface area contributed by atoms with Crippen molar-refractivity contribution in [2.45, 2.75) is 0 Å². The van der Waals surface area contributed by atoms with Crippen LogP contribution in [0.4, 0.5) is 0 Å². The quantitative estimate of drug-likeness (QED) is 0.565. The molecule has 0 unspecified atom stereocenters. The standard InChI is InChI=1S/C26H22O5/c1-16(26(27)28)18-5-4-6-19(13-18)25-22-12-11-21(30-3)14-24(22)31-15-23(25)17-7-9-20(29-2)10-8-17/h4-14H,1,15H2,2-3H3,(H,27,28). The summed E-state index contributed by atoms with van der Waals surface area (Å²) in [4.78, 5) is 11.4. The summed E-state index contributed by atoms with van der Waals surface area (Å²) < 4.78 is 16.7. The molecule has 1 N–H and O–H groups in total. The van der Waals surface area contributed by atoms with Gasteiger partial charge in [0.2, 0.25) is 0 Å². The Morgan fingerprint density at radius 2 is 1.65 bits per heavy atom. The number of hydrogen-bond acceptors (Lipinski definition) is 4. The third-order valence-electron chi connectivity index (χ3n) is 5.33. The lowest BCUT2D eigenvalue weighted by molar-refractivity contribution is -0.130. The summed E-state index contributed by atoms with van der Waals surface area (Å²) in [5.41, 5.74) is 5.40. The van der Waals surface area contributed by atoms with E-state index in [4.69, 9.17) is 14.2 Å². The number of carboxylic acid groups (broad SMARTS) is 1. The fourth-order valence-corrected chi connectivity index (χ4v) is 3.68. The predicted molar refractivity (Wildman–Crippen MR) is 121 cm³/mol. The Labute approximate surface area is 180 Å². The van der Waals surface area contributed by atoms with E-state index in [1.807, 2.05) is 60.7 Å². The number of methoxy groups -OCH3 is 2. The minimum atomic E-state index is -1.04. The summed E-state index contributed by atoms with van der Waals surface area (Å²) in [5, 5.41) is 9.37. The first kappa shape index (κ1) is 20.3. The lowest BCUT2D eigenvalue weighted by Gasteiger charge is -2.26. The van der Waals surface area contributed by atoms with Crippen molar-refractivity contribution in [1.29, 1.82) is 0 Å². The zero-order chi connectivity index (χ0) is 22.0. The number of aliphatic carboxylic acids is 1. The average Bonchev–Trinajstić information content (AvgIpc) is 2.82. The highest BCUT2D eigenvalue weighted by atomic mass is 16.5. The first-order valence-electron chi connectivity index (χ1n) is 9.73. The van der Waals surface area contributed by atoms with E-state index >= 15 is 0 Å². The van der Waals surface area contributed by atoms with Gasteiger partial charge in [-0.2, -0.15) is 0 Å². The Bertz CT molecular complexity index is 1190. The molecule has 4 rings (SSSR count). The molecule has 5 heteroatoms. The van der Waals surface area contributed by atoms with Gasteiger partial charge in [-0.15, -0.1) is 0 Å². The highest BCUT2D eigenvalue weighted by Crippen LogP contribution is 2.43. The average molecular weight is 414 g/mol. The van der Waals surface area contributed by atoms with Crippen LogP contribution in [-0.4, -0.2) is 31.9 Å². The fraction of sp³-hybridized carbons (Fsp3) is 0.115. The van der Waals surface area contributed by atoms with Crippen LogP contribution in [0.2, 0.25) is 0 Å². The zero-order valence-corrected chi connectivity index (χ0v) is 17.3. The van der Waals surface area contributed by atoms with Gasteiger partial charge in [0.05, 0.1) is 19.8 Å². The summed E-state index contributed by atoms with van der Waals surface area (Å²) in [6.07, 6.45) is 0. The molecule has 0 amide bonds. The van der Waals surface area contributed by atoms with Crippen LogP contribution < -0.4 is 14.2 Å². The minimum Gasteiger partial charge on any atom is -0.497 e. The smallest absolute Gasteiger partial charge is 0.335 e. The van der Waals surface area contributed by atoms with E-state index in [1.54, 1.807) is 20.3 Å². The number of rotatable bonds is 6. The van der Waals surface area contributed by atoms with Gasteiger partial charge in [-0.05, 0) is 52.6 Å². The van der Waals surface area contributed by atoms with Crippen molar-refractivity contribution < 1.29 is 24.1 Å². The molecule has 0 fully saturated rings. The largest absolute Gasteiger partial charge is 0.497 e. The molecule has 0 saturated heterocycles. The Kier molecular flexibility index (Phi) is 5.50. The van der Waals surface area contributed by atoms with Crippen molar-refractivity contribution in [3.8, 4) is 17.2 Å². The fourth-order valence-electron chi connectivity index (χ4n) is 3.68. The van der Waals surface area contributed by atoms with E-state index in [1.165, 1.54) is 0 Å². The van der Waals surface area contributed by atoms with Crippen molar-refractivity contribution in [2.24, 2.45) is 0 Å². The molecule has 156 valence electrons. The maximum absolute atomic E-state index is 11.4. The van der Waals surface area contributed by atoms with Crippen LogP contribution in [0.3, 0.4) is 0 Å². The van der Waals surface area contributed by atoms with Gasteiger partial charge in [-0.3, -0.25) is 0 Å². The van der Waals surface area contributed by atoms with Gasteiger partial charge in [0, 0.05) is 17.2 Å². The van der Waals surface area contributed by atoms with Crippen LogP contribution in [0.1, 0.15) is 22.3 Å². The molecule has 1 aliphatic rings. The topological polar surface area (TPSA) is 65.0 Å². The van der Waals surface area contributed by atoms with Crippen molar-refractivity contribution in [3.05, 3.63) is 95.6 Å². The molecule has 0 saturated carbocycles. The van der Waals surface area contributed by atoms with Gasteiger partial charge in [0.15, 0.2) is 0 Å². The molecule has 0 aliphatic carbocycles. The molecule has 0 atom stereocenters. The molecule has 31 heavy (non-hydrogen) atoms. The second kappa shape index (κ2) is 8.40. The Balaban J connectivity index is 1.93. The number of carbonyl (C=O) groups is 1. The highest BCUT2D eigenvalue weighted by Gasteiger charge is 2.24. The number of fused-ring (bicyclic) bond motifs is 1. The molecule has 0 spiro atoms. The van der Waals surface area contributed by atoms with E-state index in [9.17, 15) is 9.90 Å². The third-order valence-corrected chi connectivity index (χ3v) is 5.33. The first-order valence-corrected chi connectivity index (χ1v) is 9.73. The molecule has 0 radical (unpaired) electrons. The van der Waals surface area contributed by atoms with Crippen LogP contribution in [0.5, 0.6) is 17.2 Å². The summed E-state index contributed by atoms with van der Waals surface area (Å²) in [7, 11) is 3.25. The first-order chi connectivity index (χ1) is 15.0. The molecule has 3 aromatic carbocycles. The van der Waals surface area contributed by atoms with E-state index in [0.29, 0.717) is 23.7 Å². The van der Waals surface area contributed by atoms with Gasteiger partial charge in [-0.25, -0.2) is 4.79 Å². The SMILES string of the molecule is C=C(C(=O)O)c1cccc(C2=C(c3ccc(OC)cc3)COc3cc(OC)ccc32)c1. The van der Waals surface area contributed by atoms with E-state index in [-0.39, 0.29) is 5.57 Å². The van der Waals surface area contributed by atoms with E-state index < -0.39 is 5.97 Å². The Morgan fingerprint density at radius 1 is 0.935 bits per heavy atom. The van der Waals surface area contributed by atoms with E-state index in [0.717, 1.165) is 33.6 Å². The lowest BCUT2D eigenvalue weighted by Crippen LogP contribution is -2.12. The van der Waals surface area contributed by atoms with Crippen LogP contribution in [-0.2, 0) is 4.79 Å². The molecule has 3 aromatic rings. The second-order valence-electron chi connectivity index (χ2n) is 7.10. The Morgan fingerprint density at radius 3 is 2.32 bits per heavy atom. The molecular weight excluding hydrogens is 392 g/mol. The molecular formula is C26H22O5. The summed E-state index contributed by atoms with van der Waals surface area (Å²) in [6.45, 7) is 4.07. The maximum atomic E-state index is 11.4. The monoisotopic (exact) mass is 414 g/mol. The third kappa shape index (κ3) is 3.90. The summed E-state index contributed by atoms with van der Waals surface area (Å²) in [6, 6.07) is 20.9. The van der Waals surface area contributed by atoms with E-state index in [2.05, 4.69) is 6.58 Å². The van der Waals surface area contributed by atoms with Gasteiger partial charge in [0.25, 0.3) is 0 Å². The van der Waals surface area contributed by atoms with Gasteiger partial charge in [-0.1, -0.05) is 36.9 Å². The van der Waals surface area contributed by atoms with Crippen LogP contribution in [0.25, 0.3) is 16.7 Å². The van der Waals surface area contributed by atoms with Crippen molar-refractivity contribution in [2.75, 3.05) is 20.8 Å². The number of hydrogen-bond donors (Lipinski definition) is 1.